The number of aliphatic hydroxyl groups excluding tert-OH is 4. The number of aliphatic carboxylic acids is 3. The van der Waals surface area contributed by atoms with Crippen LogP contribution in [-0.2, 0) is 14.4 Å². The van der Waals surface area contributed by atoms with Gasteiger partial charge in [-0.25, -0.2) is 14.4 Å². The van der Waals surface area contributed by atoms with E-state index in [2.05, 4.69) is 0 Å². The Bertz CT molecular complexity index is 644. The Balaban J connectivity index is 7.41. The zero-order valence-corrected chi connectivity index (χ0v) is 15.6. The molecule has 0 rings (SSSR count). The Morgan fingerprint density at radius 3 is 1.36 bits per heavy atom. The van der Waals surface area contributed by atoms with Crippen molar-refractivity contribution >= 4 is 17.9 Å². The van der Waals surface area contributed by atoms with Gasteiger partial charge in [-0.3, -0.25) is 0 Å². The first-order valence-corrected chi connectivity index (χ1v) is 8.19. The molecule has 0 radical (unpaired) electrons. The molecule has 0 aromatic heterocycles. The lowest BCUT2D eigenvalue weighted by molar-refractivity contribution is -0.133. The predicted molar refractivity (Wildman–Crippen MR) is 96.3 cm³/mol. The van der Waals surface area contributed by atoms with Gasteiger partial charge in [0.1, 0.15) is 0 Å². The highest BCUT2D eigenvalue weighted by molar-refractivity contribution is 5.89. The van der Waals surface area contributed by atoms with Crippen molar-refractivity contribution in [2.75, 3.05) is 26.4 Å². The maximum atomic E-state index is 11.6. The lowest BCUT2D eigenvalue weighted by Crippen LogP contribution is -2.48. The summed E-state index contributed by atoms with van der Waals surface area (Å²) in [5, 5.41) is 66.7. The Kier molecular flexibility index (Phi) is 9.75. The van der Waals surface area contributed by atoms with Crippen LogP contribution in [-0.4, -0.2) is 80.1 Å². The molecule has 0 bridgehead atoms. The highest BCUT2D eigenvalue weighted by atomic mass is 16.4. The van der Waals surface area contributed by atoms with E-state index in [1.54, 1.807) is 0 Å². The molecule has 0 saturated carbocycles. The highest BCUT2D eigenvalue weighted by Gasteiger charge is 2.48. The van der Waals surface area contributed by atoms with Crippen LogP contribution in [0.1, 0.15) is 20.3 Å². The van der Waals surface area contributed by atoms with Crippen molar-refractivity contribution in [2.45, 2.75) is 20.3 Å². The smallest absolute Gasteiger partial charge is 0.331 e. The first kappa shape index (κ1) is 25.5. The summed E-state index contributed by atoms with van der Waals surface area (Å²) < 4.78 is 0. The molecule has 28 heavy (non-hydrogen) atoms. The molecule has 0 aliphatic rings. The first-order chi connectivity index (χ1) is 13.0. The molecule has 0 aromatic carbocycles. The maximum Gasteiger partial charge on any atom is 0.331 e. The summed E-state index contributed by atoms with van der Waals surface area (Å²) in [5.74, 6) is -4.31. The van der Waals surface area contributed by atoms with Gasteiger partial charge in [0.25, 0.3) is 0 Å². The Labute approximate surface area is 161 Å². The third-order valence-electron chi connectivity index (χ3n) is 4.48. The number of hydrogen-bond donors (Lipinski definition) is 7. The van der Waals surface area contributed by atoms with Crippen LogP contribution in [0.3, 0.4) is 0 Å². The Morgan fingerprint density at radius 2 is 1.11 bits per heavy atom. The van der Waals surface area contributed by atoms with Gasteiger partial charge in [-0.15, -0.1) is 0 Å². The average Bonchev–Trinajstić information content (AvgIpc) is 2.62. The van der Waals surface area contributed by atoms with E-state index in [1.807, 2.05) is 0 Å². The molecule has 0 fully saturated rings. The van der Waals surface area contributed by atoms with Gasteiger partial charge in [-0.05, 0) is 13.8 Å². The quantitative estimate of drug-likeness (QED) is 0.207. The number of hydrogen-bond acceptors (Lipinski definition) is 7. The fraction of sp³-hybridized carbons (Fsp3) is 0.500. The number of allylic oxidation sites excluding steroid dienone is 3. The van der Waals surface area contributed by atoms with E-state index in [4.69, 9.17) is 5.11 Å². The van der Waals surface area contributed by atoms with Crippen molar-refractivity contribution in [3.8, 4) is 0 Å². The van der Waals surface area contributed by atoms with Crippen LogP contribution in [0.25, 0.3) is 0 Å². The minimum absolute atomic E-state index is 0.348. The molecule has 0 heterocycles. The van der Waals surface area contributed by atoms with Gasteiger partial charge in [0.15, 0.2) is 0 Å². The van der Waals surface area contributed by atoms with Crippen molar-refractivity contribution in [2.24, 2.45) is 10.8 Å². The molecule has 0 atom stereocenters. The molecule has 10 heteroatoms. The molecule has 158 valence electrons. The van der Waals surface area contributed by atoms with Crippen LogP contribution < -0.4 is 0 Å². The van der Waals surface area contributed by atoms with Gasteiger partial charge in [0.2, 0.25) is 0 Å². The van der Waals surface area contributed by atoms with Gasteiger partial charge < -0.3 is 35.7 Å². The van der Waals surface area contributed by atoms with Crippen molar-refractivity contribution in [1.29, 1.82) is 0 Å². The molecule has 10 nitrogen and oxygen atoms in total. The topological polar surface area (TPSA) is 193 Å². The van der Waals surface area contributed by atoms with Crippen molar-refractivity contribution in [3.05, 3.63) is 34.9 Å². The summed E-state index contributed by atoms with van der Waals surface area (Å²) in [6.07, 6.45) is 2.48. The van der Waals surface area contributed by atoms with Crippen LogP contribution >= 0.6 is 0 Å². The largest absolute Gasteiger partial charge is 0.478 e. The zero-order chi connectivity index (χ0) is 22.1. The lowest BCUT2D eigenvalue weighted by Gasteiger charge is -2.43. The molecular weight excluding hydrogens is 376 g/mol. The molecule has 0 amide bonds. The average molecular weight is 402 g/mol. The molecule has 0 unspecified atom stereocenters. The van der Waals surface area contributed by atoms with Crippen LogP contribution in [0, 0.1) is 10.8 Å². The molecule has 0 aromatic rings. The third-order valence-corrected chi connectivity index (χ3v) is 4.48. The van der Waals surface area contributed by atoms with Crippen molar-refractivity contribution < 1.29 is 50.1 Å². The number of carbonyl (C=O) groups is 3. The van der Waals surface area contributed by atoms with Crippen LogP contribution in [0.4, 0.5) is 0 Å². The zero-order valence-electron chi connectivity index (χ0n) is 15.6. The van der Waals surface area contributed by atoms with Crippen LogP contribution in [0.15, 0.2) is 34.9 Å². The second kappa shape index (κ2) is 10.7. The molecule has 0 aliphatic heterocycles. The van der Waals surface area contributed by atoms with E-state index in [1.165, 1.54) is 0 Å². The van der Waals surface area contributed by atoms with Crippen molar-refractivity contribution in [3.63, 3.8) is 0 Å². The van der Waals surface area contributed by atoms with Gasteiger partial charge in [-0.1, -0.05) is 18.2 Å². The number of rotatable bonds is 12. The van der Waals surface area contributed by atoms with Gasteiger partial charge in [-0.2, -0.15) is 0 Å². The number of aliphatic hydroxyl groups is 4. The van der Waals surface area contributed by atoms with Gasteiger partial charge >= 0.3 is 17.9 Å². The summed E-state index contributed by atoms with van der Waals surface area (Å²) in [4.78, 5) is 34.3. The minimum atomic E-state index is -2.01. The predicted octanol–water partition coefficient (Wildman–Crippen LogP) is -0.609. The standard InChI is InChI=1S/C18H26O10/c1-11(14(23)24)5-17(6-12(2)15(25)26,18(8-20,9-21)10-22)7-13(3-4-19)16(27)28/h5-7,19-22H,3-4,8-10H2,1-2H3,(H,23,24)(H,25,26)(H,27,28). The molecule has 0 saturated heterocycles. The summed E-state index contributed by atoms with van der Waals surface area (Å²) in [6.45, 7) is -1.09. The summed E-state index contributed by atoms with van der Waals surface area (Å²) in [6, 6.07) is 0. The Morgan fingerprint density at radius 1 is 0.714 bits per heavy atom. The molecule has 0 spiro atoms. The normalized spacial score (nSPS) is 15.9. The maximum absolute atomic E-state index is 11.6. The number of carboxylic acids is 3. The fourth-order valence-electron chi connectivity index (χ4n) is 2.63. The summed E-state index contributed by atoms with van der Waals surface area (Å²) in [5.41, 5.74) is -5.08. The Hall–Kier alpha value is -2.53. The highest BCUT2D eigenvalue weighted by Crippen LogP contribution is 2.46. The van der Waals surface area contributed by atoms with E-state index >= 15 is 0 Å². The van der Waals surface area contributed by atoms with Crippen molar-refractivity contribution in [1.82, 2.24) is 0 Å². The molecular formula is C18H26O10. The summed E-state index contributed by atoms with van der Waals surface area (Å²) >= 11 is 0. The third kappa shape index (κ3) is 5.73. The van der Waals surface area contributed by atoms with E-state index in [0.29, 0.717) is 0 Å². The second-order valence-electron chi connectivity index (χ2n) is 6.40. The van der Waals surface area contributed by atoms with Crippen LogP contribution in [0.2, 0.25) is 0 Å². The number of carboxylic acid groups (broad SMARTS) is 3. The SMILES string of the molecule is CC(=CC(C=C(C)C(=O)O)(C=C(CCO)C(=O)O)C(CO)(CO)CO)C(=O)O. The van der Waals surface area contributed by atoms with E-state index in [9.17, 15) is 45.0 Å². The molecule has 0 aliphatic carbocycles. The van der Waals surface area contributed by atoms with Gasteiger partial charge in [0, 0.05) is 35.2 Å². The monoisotopic (exact) mass is 402 g/mol. The van der Waals surface area contributed by atoms with E-state index < -0.39 is 60.7 Å². The molecule has 7 N–H and O–H groups in total. The minimum Gasteiger partial charge on any atom is -0.478 e. The van der Waals surface area contributed by atoms with E-state index in [-0.39, 0.29) is 17.6 Å². The van der Waals surface area contributed by atoms with Gasteiger partial charge in [0.05, 0.1) is 25.2 Å². The lowest BCUT2D eigenvalue weighted by atomic mass is 9.61. The van der Waals surface area contributed by atoms with E-state index in [0.717, 1.165) is 32.1 Å². The summed E-state index contributed by atoms with van der Waals surface area (Å²) in [7, 11) is 0. The second-order valence-corrected chi connectivity index (χ2v) is 6.40. The fourth-order valence-corrected chi connectivity index (χ4v) is 2.63. The first-order valence-electron chi connectivity index (χ1n) is 8.19. The van der Waals surface area contributed by atoms with Crippen LogP contribution in [0.5, 0.6) is 0 Å².